The summed E-state index contributed by atoms with van der Waals surface area (Å²) in [6.45, 7) is 7.51. The molecule has 7 rings (SSSR count). The largest absolute Gasteiger partial charge is 0.473 e. The molecule has 1 amide bonds. The number of carbonyl (C=O) groups excluding carboxylic acids is 1. The van der Waals surface area contributed by atoms with Crippen LogP contribution in [0.2, 0.25) is 0 Å². The summed E-state index contributed by atoms with van der Waals surface area (Å²) < 4.78 is 7.99. The number of fused-ring (bicyclic) bond motifs is 1. The summed E-state index contributed by atoms with van der Waals surface area (Å²) in [5, 5.41) is 11.7. The average molecular weight is 623 g/mol. The van der Waals surface area contributed by atoms with Crippen molar-refractivity contribution in [1.82, 2.24) is 39.6 Å². The predicted octanol–water partition coefficient (Wildman–Crippen LogP) is 3.78. The lowest BCUT2D eigenvalue weighted by Gasteiger charge is -2.19. The Balaban J connectivity index is 1.00. The summed E-state index contributed by atoms with van der Waals surface area (Å²) in [6.07, 6.45) is 6.71. The zero-order valence-electron chi connectivity index (χ0n) is 26.2. The number of aromatic amines is 1. The van der Waals surface area contributed by atoms with E-state index in [-0.39, 0.29) is 24.5 Å². The third-order valence-corrected chi connectivity index (χ3v) is 8.59. The van der Waals surface area contributed by atoms with E-state index in [1.165, 1.54) is 0 Å². The van der Waals surface area contributed by atoms with Crippen molar-refractivity contribution in [2.75, 3.05) is 54.0 Å². The molecule has 5 aromatic rings. The number of hydrogen-bond acceptors (Lipinski definition) is 11. The first-order valence-electron chi connectivity index (χ1n) is 15.6. The molecule has 238 valence electrons. The van der Waals surface area contributed by atoms with Gasteiger partial charge in [0.2, 0.25) is 23.7 Å². The summed E-state index contributed by atoms with van der Waals surface area (Å²) in [5.41, 5.74) is 11.2. The van der Waals surface area contributed by atoms with Crippen molar-refractivity contribution in [3.05, 3.63) is 54.0 Å². The standard InChI is InChI=1S/C32H38N12O2/c1-19-15-35-32(37-25-13-20(2)42(3)41-25)40-29(19)23-16-34-30-22(23)7-6-8-24(30)36-27(45)18-43-12-9-21(17-43)46-28-14-26(38-31(33)39-28)44-10-4-5-11-44/h6-8,13-16,21,34H,4-5,9-12,17-18H2,1-3H3,(H,36,45)(H2,33,38,39)(H,35,37,40,41)/t21-/m0/s1. The highest BCUT2D eigenvalue weighted by Gasteiger charge is 2.27. The number of hydrogen-bond donors (Lipinski definition) is 4. The van der Waals surface area contributed by atoms with E-state index < -0.39 is 0 Å². The Labute approximate surface area is 266 Å². The lowest BCUT2D eigenvalue weighted by molar-refractivity contribution is -0.117. The maximum Gasteiger partial charge on any atom is 0.238 e. The monoisotopic (exact) mass is 622 g/mol. The highest BCUT2D eigenvalue weighted by Crippen LogP contribution is 2.33. The third-order valence-electron chi connectivity index (χ3n) is 8.59. The van der Waals surface area contributed by atoms with Crippen molar-refractivity contribution in [3.8, 4) is 17.1 Å². The van der Waals surface area contributed by atoms with Gasteiger partial charge in [0.1, 0.15) is 11.9 Å². The summed E-state index contributed by atoms with van der Waals surface area (Å²) >= 11 is 0. The topological polar surface area (TPSA) is 168 Å². The van der Waals surface area contributed by atoms with Crippen LogP contribution in [0.4, 0.5) is 29.2 Å². The van der Waals surface area contributed by atoms with Crippen molar-refractivity contribution >= 4 is 46.0 Å². The highest BCUT2D eigenvalue weighted by atomic mass is 16.5. The molecule has 0 aliphatic carbocycles. The van der Waals surface area contributed by atoms with E-state index in [1.54, 1.807) is 10.9 Å². The quantitative estimate of drug-likeness (QED) is 0.189. The van der Waals surface area contributed by atoms with Gasteiger partial charge in [0.15, 0.2) is 5.82 Å². The molecule has 2 aliphatic rings. The average Bonchev–Trinajstić information content (AvgIpc) is 3.83. The van der Waals surface area contributed by atoms with Crippen LogP contribution in [0.1, 0.15) is 30.5 Å². The number of para-hydroxylation sites is 1. The van der Waals surface area contributed by atoms with Gasteiger partial charge in [0.25, 0.3) is 0 Å². The first-order valence-corrected chi connectivity index (χ1v) is 15.6. The van der Waals surface area contributed by atoms with Gasteiger partial charge >= 0.3 is 0 Å². The molecule has 46 heavy (non-hydrogen) atoms. The second-order valence-corrected chi connectivity index (χ2v) is 12.0. The molecule has 0 bridgehead atoms. The van der Waals surface area contributed by atoms with E-state index in [9.17, 15) is 4.79 Å². The predicted molar refractivity (Wildman–Crippen MR) is 177 cm³/mol. The molecule has 0 saturated carbocycles. The molecule has 2 aliphatic heterocycles. The van der Waals surface area contributed by atoms with Gasteiger partial charge in [-0.2, -0.15) is 15.1 Å². The van der Waals surface area contributed by atoms with Crippen LogP contribution in [0.15, 0.2) is 42.7 Å². The van der Waals surface area contributed by atoms with Gasteiger partial charge in [0, 0.05) is 74.4 Å². The van der Waals surface area contributed by atoms with Crippen molar-refractivity contribution in [2.45, 2.75) is 39.2 Å². The van der Waals surface area contributed by atoms with Crippen LogP contribution in [0.3, 0.4) is 0 Å². The number of nitrogens with two attached hydrogens (primary N) is 1. The van der Waals surface area contributed by atoms with Gasteiger partial charge in [-0.3, -0.25) is 14.4 Å². The van der Waals surface area contributed by atoms with Crippen LogP contribution in [0, 0.1) is 13.8 Å². The first kappa shape index (κ1) is 29.5. The lowest BCUT2D eigenvalue weighted by atomic mass is 10.1. The Morgan fingerprint density at radius 2 is 1.98 bits per heavy atom. The van der Waals surface area contributed by atoms with E-state index in [0.29, 0.717) is 29.9 Å². The minimum absolute atomic E-state index is 0.0832. The molecule has 6 heterocycles. The molecular formula is C32H38N12O2. The Morgan fingerprint density at radius 1 is 1.13 bits per heavy atom. The van der Waals surface area contributed by atoms with Gasteiger partial charge in [-0.1, -0.05) is 12.1 Å². The second kappa shape index (κ2) is 12.3. The Hall–Kier alpha value is -5.24. The molecule has 5 N–H and O–H groups in total. The van der Waals surface area contributed by atoms with Crippen molar-refractivity contribution in [2.24, 2.45) is 7.05 Å². The zero-order valence-corrected chi connectivity index (χ0v) is 26.2. The molecule has 14 nitrogen and oxygen atoms in total. The van der Waals surface area contributed by atoms with E-state index in [4.69, 9.17) is 15.5 Å². The number of amides is 1. The number of likely N-dealkylation sites (tertiary alicyclic amines) is 1. The van der Waals surface area contributed by atoms with Gasteiger partial charge in [0.05, 0.1) is 23.4 Å². The number of nitrogens with zero attached hydrogens (tertiary/aromatic N) is 8. The Bertz CT molecular complexity index is 1870. The van der Waals surface area contributed by atoms with E-state index in [1.807, 2.05) is 57.4 Å². The summed E-state index contributed by atoms with van der Waals surface area (Å²) in [5.74, 6) is 2.54. The van der Waals surface area contributed by atoms with Crippen molar-refractivity contribution in [3.63, 3.8) is 0 Å². The number of nitrogens with one attached hydrogen (secondary N) is 3. The summed E-state index contributed by atoms with van der Waals surface area (Å²) in [4.78, 5) is 38.8. The summed E-state index contributed by atoms with van der Waals surface area (Å²) in [7, 11) is 1.89. The number of carbonyl (C=O) groups is 1. The Morgan fingerprint density at radius 3 is 2.78 bits per heavy atom. The first-order chi connectivity index (χ1) is 22.3. The number of aryl methyl sites for hydroxylation is 3. The number of rotatable bonds is 9. The number of aromatic nitrogens is 7. The fourth-order valence-electron chi connectivity index (χ4n) is 6.16. The van der Waals surface area contributed by atoms with Crippen LogP contribution in [0.25, 0.3) is 22.2 Å². The normalized spacial score (nSPS) is 16.8. The smallest absolute Gasteiger partial charge is 0.238 e. The number of nitrogen functional groups attached to an aromatic ring is 1. The van der Waals surface area contributed by atoms with Gasteiger partial charge in [-0.15, -0.1) is 0 Å². The minimum atomic E-state index is -0.0951. The van der Waals surface area contributed by atoms with Gasteiger partial charge in [-0.25, -0.2) is 9.97 Å². The number of H-pyrrole nitrogens is 1. The summed E-state index contributed by atoms with van der Waals surface area (Å²) in [6, 6.07) is 9.66. The maximum atomic E-state index is 13.2. The molecule has 4 aromatic heterocycles. The van der Waals surface area contributed by atoms with Crippen LogP contribution >= 0.6 is 0 Å². The van der Waals surface area contributed by atoms with Crippen LogP contribution < -0.4 is 26.0 Å². The minimum Gasteiger partial charge on any atom is -0.473 e. The van der Waals surface area contributed by atoms with E-state index in [2.05, 4.69) is 45.5 Å². The second-order valence-electron chi connectivity index (χ2n) is 12.0. The number of anilines is 5. The SMILES string of the molecule is Cc1cnc(Nc2cc(C)n(C)n2)nc1-c1c[nH]c2c(NC(=O)CN3CC[C@H](Oc4cc(N5CCCC5)nc(N)n4)C3)cccc12. The molecule has 0 spiro atoms. The van der Waals surface area contributed by atoms with E-state index in [0.717, 1.165) is 78.1 Å². The number of benzene rings is 1. The molecule has 1 atom stereocenters. The fourth-order valence-corrected chi connectivity index (χ4v) is 6.16. The van der Waals surface area contributed by atoms with E-state index >= 15 is 0 Å². The van der Waals surface area contributed by atoms with Crippen molar-refractivity contribution < 1.29 is 9.53 Å². The highest BCUT2D eigenvalue weighted by molar-refractivity contribution is 6.06. The zero-order chi connectivity index (χ0) is 31.8. The van der Waals surface area contributed by atoms with Gasteiger partial charge < -0.3 is 31.0 Å². The van der Waals surface area contributed by atoms with Crippen LogP contribution in [-0.2, 0) is 11.8 Å². The fraction of sp³-hybridized carbons (Fsp3) is 0.375. The molecule has 14 heteroatoms. The number of ether oxygens (including phenoxy) is 1. The lowest BCUT2D eigenvalue weighted by Crippen LogP contribution is -2.33. The molecule has 0 unspecified atom stereocenters. The molecule has 2 saturated heterocycles. The molecular weight excluding hydrogens is 584 g/mol. The molecule has 1 aromatic carbocycles. The van der Waals surface area contributed by atoms with Crippen LogP contribution in [-0.4, -0.2) is 84.3 Å². The maximum absolute atomic E-state index is 13.2. The van der Waals surface area contributed by atoms with Crippen molar-refractivity contribution in [1.29, 1.82) is 0 Å². The Kier molecular flexibility index (Phi) is 7.86. The van der Waals surface area contributed by atoms with Crippen LogP contribution in [0.5, 0.6) is 5.88 Å². The molecule has 2 fully saturated rings. The molecule has 0 radical (unpaired) electrons. The third kappa shape index (κ3) is 6.15. The van der Waals surface area contributed by atoms with Gasteiger partial charge in [-0.05, 0) is 44.7 Å².